The Bertz CT molecular complexity index is 1300. The first-order chi connectivity index (χ1) is 16.1. The standard InChI is InChI=1S/C22H20O12/c1-8(23)32-19-13(27)7-31-22(17(19)30)34-20-12(26)6-11(25)14-15(28)16(29)18(33-21(14)20)9-2-4-10(24)5-3-9/h2-6,13,17,19,22,24-27,29-30H,7H2,1H3/t13-,17-,19+,22+/m1/s1. The van der Waals surface area contributed by atoms with Crippen LogP contribution < -0.4 is 10.2 Å². The summed E-state index contributed by atoms with van der Waals surface area (Å²) < 4.78 is 21.3. The maximum absolute atomic E-state index is 12.8. The van der Waals surface area contributed by atoms with Crippen LogP contribution in [0, 0.1) is 0 Å². The number of esters is 1. The molecule has 1 aliphatic heterocycles. The summed E-state index contributed by atoms with van der Waals surface area (Å²) in [4.78, 5) is 24.1. The largest absolute Gasteiger partial charge is 0.508 e. The molecule has 4 rings (SSSR count). The Balaban J connectivity index is 1.83. The molecule has 3 aromatic rings. The second-order valence-electron chi connectivity index (χ2n) is 7.56. The van der Waals surface area contributed by atoms with Crippen LogP contribution >= 0.6 is 0 Å². The van der Waals surface area contributed by atoms with E-state index in [4.69, 9.17) is 18.6 Å². The molecule has 0 aliphatic carbocycles. The zero-order valence-electron chi connectivity index (χ0n) is 17.5. The van der Waals surface area contributed by atoms with E-state index in [1.165, 1.54) is 24.3 Å². The highest BCUT2D eigenvalue weighted by atomic mass is 16.7. The molecule has 1 aliphatic rings. The van der Waals surface area contributed by atoms with Crippen LogP contribution in [-0.4, -0.2) is 67.8 Å². The van der Waals surface area contributed by atoms with Crippen molar-refractivity contribution >= 4 is 16.9 Å². The van der Waals surface area contributed by atoms with Crippen LogP contribution in [0.25, 0.3) is 22.3 Å². The van der Waals surface area contributed by atoms with Gasteiger partial charge in [0.1, 0.15) is 23.0 Å². The van der Waals surface area contributed by atoms with Crippen molar-refractivity contribution in [3.8, 4) is 40.1 Å². The molecular weight excluding hydrogens is 456 g/mol. The Hall–Kier alpha value is -4.00. The van der Waals surface area contributed by atoms with Crippen LogP contribution in [0.2, 0.25) is 0 Å². The van der Waals surface area contributed by atoms with Gasteiger partial charge in [-0.3, -0.25) is 9.59 Å². The van der Waals surface area contributed by atoms with Gasteiger partial charge in [-0.05, 0) is 24.3 Å². The van der Waals surface area contributed by atoms with E-state index in [9.17, 15) is 40.2 Å². The average Bonchev–Trinajstić information content (AvgIpc) is 2.77. The Kier molecular flexibility index (Phi) is 5.96. The van der Waals surface area contributed by atoms with Crippen LogP contribution in [0.15, 0.2) is 39.5 Å². The second-order valence-corrected chi connectivity index (χ2v) is 7.56. The quantitative estimate of drug-likeness (QED) is 0.288. The van der Waals surface area contributed by atoms with Crippen LogP contribution in [0.5, 0.6) is 28.7 Å². The van der Waals surface area contributed by atoms with Crippen molar-refractivity contribution in [3.05, 3.63) is 40.6 Å². The number of hydrogen-bond donors (Lipinski definition) is 6. The highest BCUT2D eigenvalue weighted by Crippen LogP contribution is 2.43. The SMILES string of the molecule is CC(=O)O[C@@H]1[C@@H](O)[C@H](Oc2c(O)cc(O)c3c(=O)c(O)c(-c4ccc(O)cc4)oc23)OC[C@H]1O. The maximum Gasteiger partial charge on any atom is 0.303 e. The third-order valence-electron chi connectivity index (χ3n) is 5.15. The van der Waals surface area contributed by atoms with Crippen molar-refractivity contribution in [1.82, 2.24) is 0 Å². The molecule has 2 heterocycles. The summed E-state index contributed by atoms with van der Waals surface area (Å²) in [6.07, 6.45) is -6.08. The number of hydrogen-bond acceptors (Lipinski definition) is 12. The lowest BCUT2D eigenvalue weighted by atomic mass is 10.0. The van der Waals surface area contributed by atoms with E-state index in [0.717, 1.165) is 13.0 Å². The first-order valence-corrected chi connectivity index (χ1v) is 9.94. The molecule has 2 aromatic carbocycles. The fourth-order valence-electron chi connectivity index (χ4n) is 3.55. The van der Waals surface area contributed by atoms with Gasteiger partial charge in [0.05, 0.1) is 6.61 Å². The van der Waals surface area contributed by atoms with Crippen molar-refractivity contribution in [2.24, 2.45) is 0 Å². The van der Waals surface area contributed by atoms with Crippen molar-refractivity contribution in [1.29, 1.82) is 0 Å². The fourth-order valence-corrected chi connectivity index (χ4v) is 3.55. The molecular formula is C22H20O12. The number of aliphatic hydroxyl groups excluding tert-OH is 2. The topological polar surface area (TPSA) is 196 Å². The van der Waals surface area contributed by atoms with Gasteiger partial charge in [-0.15, -0.1) is 0 Å². The minimum atomic E-state index is -1.71. The number of carbonyl (C=O) groups excluding carboxylic acids is 1. The van der Waals surface area contributed by atoms with Crippen molar-refractivity contribution < 1.29 is 54.1 Å². The summed E-state index contributed by atoms with van der Waals surface area (Å²) in [6.45, 7) is 0.677. The third-order valence-corrected chi connectivity index (χ3v) is 5.15. The zero-order valence-corrected chi connectivity index (χ0v) is 17.5. The first kappa shape index (κ1) is 23.2. The maximum atomic E-state index is 12.8. The Morgan fingerprint density at radius 3 is 2.38 bits per heavy atom. The number of carbonyl (C=O) groups is 1. The van der Waals surface area contributed by atoms with Crippen molar-refractivity contribution in [2.75, 3.05) is 6.61 Å². The van der Waals surface area contributed by atoms with E-state index >= 15 is 0 Å². The lowest BCUT2D eigenvalue weighted by Gasteiger charge is -2.36. The first-order valence-electron chi connectivity index (χ1n) is 9.94. The highest BCUT2D eigenvalue weighted by molar-refractivity contribution is 5.93. The summed E-state index contributed by atoms with van der Waals surface area (Å²) in [7, 11) is 0. The zero-order chi connectivity index (χ0) is 24.7. The molecule has 0 unspecified atom stereocenters. The van der Waals surface area contributed by atoms with Gasteiger partial charge in [-0.2, -0.15) is 0 Å². The predicted octanol–water partition coefficient (Wildman–Crippen LogP) is 0.671. The molecule has 1 saturated heterocycles. The molecule has 0 spiro atoms. The third kappa shape index (κ3) is 4.05. The Morgan fingerprint density at radius 1 is 1.06 bits per heavy atom. The average molecular weight is 476 g/mol. The molecule has 6 N–H and O–H groups in total. The molecule has 1 fully saturated rings. The molecule has 0 saturated carbocycles. The minimum Gasteiger partial charge on any atom is -0.508 e. The molecule has 0 radical (unpaired) electrons. The van der Waals surface area contributed by atoms with E-state index in [1.54, 1.807) is 0 Å². The lowest BCUT2D eigenvalue weighted by Crippen LogP contribution is -2.56. The van der Waals surface area contributed by atoms with Gasteiger partial charge >= 0.3 is 5.97 Å². The summed E-state index contributed by atoms with van der Waals surface area (Å²) >= 11 is 0. The molecule has 12 nitrogen and oxygen atoms in total. The van der Waals surface area contributed by atoms with Crippen LogP contribution in [-0.2, 0) is 14.3 Å². The molecule has 4 atom stereocenters. The molecule has 34 heavy (non-hydrogen) atoms. The van der Waals surface area contributed by atoms with E-state index in [-0.39, 0.29) is 17.1 Å². The lowest BCUT2D eigenvalue weighted by molar-refractivity contribution is -0.248. The number of rotatable bonds is 4. The monoisotopic (exact) mass is 476 g/mol. The Labute approximate surface area is 190 Å². The van der Waals surface area contributed by atoms with E-state index in [0.29, 0.717) is 0 Å². The minimum absolute atomic E-state index is 0.0846. The number of aromatic hydroxyl groups is 4. The van der Waals surface area contributed by atoms with Gasteiger partial charge in [0.2, 0.25) is 23.2 Å². The van der Waals surface area contributed by atoms with Gasteiger partial charge in [-0.25, -0.2) is 0 Å². The molecule has 0 amide bonds. The summed E-state index contributed by atoms with van der Waals surface area (Å²) in [6, 6.07) is 6.02. The number of benzene rings is 2. The van der Waals surface area contributed by atoms with Gasteiger partial charge in [0, 0.05) is 18.6 Å². The van der Waals surface area contributed by atoms with E-state index in [2.05, 4.69) is 0 Å². The Morgan fingerprint density at radius 2 is 1.74 bits per heavy atom. The predicted molar refractivity (Wildman–Crippen MR) is 113 cm³/mol. The number of fused-ring (bicyclic) bond motifs is 1. The van der Waals surface area contributed by atoms with E-state index < -0.39 is 76.6 Å². The number of phenols is 3. The van der Waals surface area contributed by atoms with Gasteiger partial charge in [-0.1, -0.05) is 0 Å². The molecule has 0 bridgehead atoms. The molecule has 1 aromatic heterocycles. The summed E-state index contributed by atoms with van der Waals surface area (Å²) in [5.74, 6) is -4.03. The second kappa shape index (κ2) is 8.74. The molecule has 12 heteroatoms. The fraction of sp³-hybridized carbons (Fsp3) is 0.273. The number of phenolic OH excluding ortho intramolecular Hbond substituents is 3. The number of ether oxygens (including phenoxy) is 3. The summed E-state index contributed by atoms with van der Waals surface area (Å²) in [5, 5.41) is 60.5. The van der Waals surface area contributed by atoms with Crippen LogP contribution in [0.4, 0.5) is 0 Å². The highest BCUT2D eigenvalue weighted by Gasteiger charge is 2.43. The number of aliphatic hydroxyl groups is 2. The van der Waals surface area contributed by atoms with Gasteiger partial charge in [0.15, 0.2) is 29.3 Å². The van der Waals surface area contributed by atoms with Crippen molar-refractivity contribution in [3.63, 3.8) is 0 Å². The van der Waals surface area contributed by atoms with Crippen LogP contribution in [0.3, 0.4) is 0 Å². The van der Waals surface area contributed by atoms with Crippen LogP contribution in [0.1, 0.15) is 6.92 Å². The summed E-state index contributed by atoms with van der Waals surface area (Å²) in [5.41, 5.74) is -1.37. The van der Waals surface area contributed by atoms with Crippen molar-refractivity contribution in [2.45, 2.75) is 31.5 Å². The van der Waals surface area contributed by atoms with Gasteiger partial charge in [0.25, 0.3) is 0 Å². The van der Waals surface area contributed by atoms with Gasteiger partial charge < -0.3 is 49.3 Å². The van der Waals surface area contributed by atoms with E-state index in [1.807, 2.05) is 0 Å². The molecule has 180 valence electrons. The normalized spacial score (nSPS) is 22.4. The smallest absolute Gasteiger partial charge is 0.303 e.